The molecule has 0 amide bonds. The summed E-state index contributed by atoms with van der Waals surface area (Å²) < 4.78 is 0. The topological polar surface area (TPSA) is 46.2 Å². The van der Waals surface area contributed by atoms with E-state index in [2.05, 4.69) is 18.2 Å². The highest BCUT2D eigenvalue weighted by Gasteiger charge is 2.33. The summed E-state index contributed by atoms with van der Waals surface area (Å²) in [5.41, 5.74) is 8.09. The second-order valence-electron chi connectivity index (χ2n) is 4.62. The van der Waals surface area contributed by atoms with Gasteiger partial charge in [0.2, 0.25) is 0 Å². The Balaban J connectivity index is 2.29. The summed E-state index contributed by atoms with van der Waals surface area (Å²) in [5.74, 6) is 0. The summed E-state index contributed by atoms with van der Waals surface area (Å²) in [5, 5.41) is 11.9. The van der Waals surface area contributed by atoms with E-state index in [1.54, 1.807) is 0 Å². The van der Waals surface area contributed by atoms with Gasteiger partial charge in [-0.05, 0) is 28.3 Å². The van der Waals surface area contributed by atoms with Crippen molar-refractivity contribution in [2.45, 2.75) is 23.9 Å². The minimum Gasteiger partial charge on any atom is -0.390 e. The van der Waals surface area contributed by atoms with E-state index in [1.807, 2.05) is 18.2 Å². The normalized spacial score (nSPS) is 28.1. The lowest BCUT2D eigenvalue weighted by molar-refractivity contribution is 0.132. The number of benzene rings is 2. The zero-order chi connectivity index (χ0) is 12.0. The first kappa shape index (κ1) is 11.0. The molecule has 17 heavy (non-hydrogen) atoms. The lowest BCUT2D eigenvalue weighted by Crippen LogP contribution is -2.42. The fourth-order valence-electron chi connectivity index (χ4n) is 2.61. The predicted molar refractivity (Wildman–Crippen MR) is 70.2 cm³/mol. The molecule has 2 unspecified atom stereocenters. The fourth-order valence-corrected chi connectivity index (χ4v) is 3.05. The van der Waals surface area contributed by atoms with Crippen molar-refractivity contribution in [3.63, 3.8) is 0 Å². The number of hydrogen-bond donors (Lipinski definition) is 2. The molecule has 1 aliphatic carbocycles. The maximum atomic E-state index is 10.00. The maximum Gasteiger partial charge on any atom is 0.0899 e. The van der Waals surface area contributed by atoms with Crippen LogP contribution in [0.1, 0.15) is 16.5 Å². The molecule has 0 saturated heterocycles. The van der Waals surface area contributed by atoms with Crippen LogP contribution in [-0.4, -0.2) is 17.3 Å². The van der Waals surface area contributed by atoms with E-state index >= 15 is 0 Å². The Bertz CT molecular complexity index is 569. The highest BCUT2D eigenvalue weighted by molar-refractivity contribution is 6.22. The molecule has 0 aromatic heterocycles. The van der Waals surface area contributed by atoms with Gasteiger partial charge in [0.25, 0.3) is 0 Å². The second kappa shape index (κ2) is 3.98. The first-order chi connectivity index (χ1) is 8.18. The molecule has 0 saturated carbocycles. The van der Waals surface area contributed by atoms with E-state index < -0.39 is 11.5 Å². The van der Waals surface area contributed by atoms with Crippen LogP contribution >= 0.6 is 11.6 Å². The number of fused-ring (bicyclic) bond motifs is 3. The fraction of sp³-hybridized carbons (Fsp3) is 0.286. The third-order valence-corrected chi connectivity index (χ3v) is 4.01. The van der Waals surface area contributed by atoms with Crippen molar-refractivity contribution in [2.24, 2.45) is 5.73 Å². The van der Waals surface area contributed by atoms with Gasteiger partial charge >= 0.3 is 0 Å². The largest absolute Gasteiger partial charge is 0.390 e. The van der Waals surface area contributed by atoms with Crippen LogP contribution in [0, 0.1) is 0 Å². The maximum absolute atomic E-state index is 10.00. The van der Waals surface area contributed by atoms with Crippen LogP contribution in [0.25, 0.3) is 10.8 Å². The monoisotopic (exact) mass is 247 g/mol. The number of alkyl halides is 1. The van der Waals surface area contributed by atoms with Crippen molar-refractivity contribution >= 4 is 22.4 Å². The summed E-state index contributed by atoms with van der Waals surface area (Å²) in [6, 6.07) is 12.0. The molecule has 0 aliphatic heterocycles. The first-order valence-electron chi connectivity index (χ1n) is 5.76. The van der Waals surface area contributed by atoms with Crippen molar-refractivity contribution in [2.75, 3.05) is 0 Å². The zero-order valence-corrected chi connectivity index (χ0v) is 10.1. The number of rotatable bonds is 0. The van der Waals surface area contributed by atoms with Crippen LogP contribution in [0.15, 0.2) is 36.4 Å². The third-order valence-electron chi connectivity index (χ3n) is 3.53. The van der Waals surface area contributed by atoms with Crippen molar-refractivity contribution in [3.05, 3.63) is 47.5 Å². The average molecular weight is 248 g/mol. The Kier molecular flexibility index (Phi) is 2.58. The molecule has 88 valence electrons. The van der Waals surface area contributed by atoms with Crippen LogP contribution in [0.3, 0.4) is 0 Å². The van der Waals surface area contributed by atoms with Gasteiger partial charge in [0.1, 0.15) is 0 Å². The van der Waals surface area contributed by atoms with Crippen molar-refractivity contribution in [1.82, 2.24) is 0 Å². The van der Waals surface area contributed by atoms with E-state index in [-0.39, 0.29) is 6.04 Å². The van der Waals surface area contributed by atoms with Gasteiger partial charge in [0.15, 0.2) is 0 Å². The molecule has 2 nitrogen and oxygen atoms in total. The number of halogens is 1. The number of aliphatic hydroxyl groups is 1. The molecular formula is C14H14ClNO. The van der Waals surface area contributed by atoms with Gasteiger partial charge in [-0.15, -0.1) is 11.6 Å². The predicted octanol–water partition coefficient (Wildman–Crippen LogP) is 2.36. The molecule has 0 bridgehead atoms. The molecule has 3 rings (SSSR count). The van der Waals surface area contributed by atoms with Crippen LogP contribution in [0.4, 0.5) is 0 Å². The van der Waals surface area contributed by atoms with Gasteiger partial charge in [-0.3, -0.25) is 0 Å². The quantitative estimate of drug-likeness (QED) is 0.702. The lowest BCUT2D eigenvalue weighted by Gasteiger charge is -2.32. The molecule has 1 aliphatic rings. The Morgan fingerprint density at radius 2 is 1.94 bits per heavy atom. The number of aliphatic hydroxyl groups excluding tert-OH is 1. The van der Waals surface area contributed by atoms with Gasteiger partial charge in [-0.25, -0.2) is 0 Å². The minimum atomic E-state index is -0.671. The second-order valence-corrected chi connectivity index (χ2v) is 5.09. The molecule has 0 spiro atoms. The molecular weight excluding hydrogens is 234 g/mol. The van der Waals surface area contributed by atoms with Crippen molar-refractivity contribution < 1.29 is 5.11 Å². The summed E-state index contributed by atoms with van der Waals surface area (Å²) >= 11 is 6.34. The van der Waals surface area contributed by atoms with Crippen LogP contribution < -0.4 is 5.73 Å². The summed E-state index contributed by atoms with van der Waals surface area (Å²) in [7, 11) is 0. The Hall–Kier alpha value is -1.09. The standard InChI is InChI=1S/C14H14ClNO/c15-13-12-9(7-11(16)14(13)17)6-5-8-3-1-2-4-10(8)12/h1-6,11,13-14,17H,7,16H2/t11?,13-,14?/m1/s1. The van der Waals surface area contributed by atoms with Crippen molar-refractivity contribution in [1.29, 1.82) is 0 Å². The molecule has 2 aromatic rings. The molecule has 3 N–H and O–H groups in total. The van der Waals surface area contributed by atoms with Crippen LogP contribution in [0.2, 0.25) is 0 Å². The van der Waals surface area contributed by atoms with E-state index in [1.165, 1.54) is 0 Å². The average Bonchev–Trinajstić information content (AvgIpc) is 2.35. The molecule has 3 atom stereocenters. The Morgan fingerprint density at radius 3 is 2.76 bits per heavy atom. The first-order valence-corrected chi connectivity index (χ1v) is 6.20. The summed E-state index contributed by atoms with van der Waals surface area (Å²) in [6.07, 6.45) is 0.0138. The smallest absolute Gasteiger partial charge is 0.0899 e. The van der Waals surface area contributed by atoms with E-state index in [0.717, 1.165) is 21.9 Å². The third kappa shape index (κ3) is 1.64. The lowest BCUT2D eigenvalue weighted by atomic mass is 9.83. The summed E-state index contributed by atoms with van der Waals surface area (Å²) in [6.45, 7) is 0. The van der Waals surface area contributed by atoms with Gasteiger partial charge in [-0.2, -0.15) is 0 Å². The zero-order valence-electron chi connectivity index (χ0n) is 9.31. The van der Waals surface area contributed by atoms with Gasteiger partial charge < -0.3 is 10.8 Å². The number of hydrogen-bond acceptors (Lipinski definition) is 2. The Morgan fingerprint density at radius 1 is 1.18 bits per heavy atom. The number of nitrogens with two attached hydrogens (primary N) is 1. The highest BCUT2D eigenvalue weighted by Crippen LogP contribution is 2.38. The summed E-state index contributed by atoms with van der Waals surface area (Å²) in [4.78, 5) is 0. The van der Waals surface area contributed by atoms with Crippen LogP contribution in [0.5, 0.6) is 0 Å². The SMILES string of the molecule is NC1Cc2ccc3ccccc3c2[C@@H](Cl)C1O. The molecule has 0 radical (unpaired) electrons. The van der Waals surface area contributed by atoms with Gasteiger partial charge in [0.05, 0.1) is 11.5 Å². The van der Waals surface area contributed by atoms with Crippen molar-refractivity contribution in [3.8, 4) is 0 Å². The molecule has 2 aromatic carbocycles. The molecule has 3 heteroatoms. The van der Waals surface area contributed by atoms with Gasteiger partial charge in [-0.1, -0.05) is 36.4 Å². The minimum absolute atomic E-state index is 0.272. The molecule has 0 heterocycles. The van der Waals surface area contributed by atoms with Gasteiger partial charge in [0, 0.05) is 6.04 Å². The highest BCUT2D eigenvalue weighted by atomic mass is 35.5. The van der Waals surface area contributed by atoms with E-state index in [4.69, 9.17) is 17.3 Å². The Labute approximate surface area is 105 Å². The van der Waals surface area contributed by atoms with E-state index in [9.17, 15) is 5.11 Å². The van der Waals surface area contributed by atoms with Crippen LogP contribution in [-0.2, 0) is 6.42 Å². The van der Waals surface area contributed by atoms with E-state index in [0.29, 0.717) is 6.42 Å². The molecule has 0 fully saturated rings.